The first-order valence-electron chi connectivity index (χ1n) is 7.01. The van der Waals surface area contributed by atoms with Crippen molar-refractivity contribution in [3.05, 3.63) is 84.4 Å². The Labute approximate surface area is 130 Å². The number of aliphatic hydroxyl groups is 2. The van der Waals surface area contributed by atoms with Crippen LogP contribution in [0.4, 0.5) is 0 Å². The van der Waals surface area contributed by atoms with E-state index in [1.807, 2.05) is 60.7 Å². The quantitative estimate of drug-likeness (QED) is 0.469. The van der Waals surface area contributed by atoms with E-state index >= 15 is 0 Å². The van der Waals surface area contributed by atoms with Gasteiger partial charge in [0.1, 0.15) is 11.8 Å². The predicted octanol–water partition coefficient (Wildman–Crippen LogP) is 2.69. The van der Waals surface area contributed by atoms with Gasteiger partial charge in [0.15, 0.2) is 6.10 Å². The van der Waals surface area contributed by atoms with Gasteiger partial charge in [-0.1, -0.05) is 71.9 Å². The van der Waals surface area contributed by atoms with Gasteiger partial charge in [-0.25, -0.2) is 0 Å². The minimum absolute atomic E-state index is 0.209. The molecule has 2 aromatic carbocycles. The van der Waals surface area contributed by atoms with E-state index in [1.54, 1.807) is 0 Å². The Balaban J connectivity index is 2.24. The number of benzene rings is 2. The second kappa shape index (κ2) is 8.12. The zero-order valence-electron chi connectivity index (χ0n) is 12.2. The second-order valence-corrected chi connectivity index (χ2v) is 4.71. The molecule has 4 heteroatoms. The van der Waals surface area contributed by atoms with E-state index in [0.717, 1.165) is 11.1 Å². The van der Waals surface area contributed by atoms with Crippen molar-refractivity contribution >= 4 is 5.71 Å². The minimum Gasteiger partial charge on any atom is -0.392 e. The van der Waals surface area contributed by atoms with E-state index in [4.69, 9.17) is 4.84 Å². The third-order valence-electron chi connectivity index (χ3n) is 3.19. The number of hydrogen-bond donors (Lipinski definition) is 2. The summed E-state index contributed by atoms with van der Waals surface area (Å²) in [4.78, 5) is 5.45. The van der Waals surface area contributed by atoms with Crippen molar-refractivity contribution in [2.75, 3.05) is 6.61 Å². The van der Waals surface area contributed by atoms with Gasteiger partial charge in [-0.2, -0.15) is 0 Å². The highest BCUT2D eigenvalue weighted by Crippen LogP contribution is 2.18. The maximum absolute atomic E-state index is 10.0. The number of oxime groups is 1. The van der Waals surface area contributed by atoms with Gasteiger partial charge in [0.2, 0.25) is 0 Å². The highest BCUT2D eigenvalue weighted by molar-refractivity contribution is 6.04. The van der Waals surface area contributed by atoms with Crippen LogP contribution in [0, 0.1) is 0 Å². The van der Waals surface area contributed by atoms with Gasteiger partial charge in [0.05, 0.1) is 6.61 Å². The van der Waals surface area contributed by atoms with Gasteiger partial charge >= 0.3 is 0 Å². The number of aliphatic hydroxyl groups excluding tert-OH is 2. The summed E-state index contributed by atoms with van der Waals surface area (Å²) in [6.45, 7) is 3.37. The van der Waals surface area contributed by atoms with Gasteiger partial charge in [-0.05, 0) is 5.56 Å². The molecule has 2 aromatic rings. The molecule has 0 saturated carbocycles. The zero-order chi connectivity index (χ0) is 15.8. The molecule has 0 aliphatic carbocycles. The van der Waals surface area contributed by atoms with Crippen LogP contribution in [-0.2, 0) is 4.84 Å². The van der Waals surface area contributed by atoms with E-state index in [-0.39, 0.29) is 6.61 Å². The molecule has 0 saturated heterocycles. The largest absolute Gasteiger partial charge is 0.392 e. The standard InChI is InChI=1S/C18H19NO3/c1-2-16(21)18(15-11-7-4-8-12-15)19-22-17(13-20)14-9-5-3-6-10-14/h2-12,16-17,20-21H,1,13H2/b19-18+/t16-,17-/m1/s1. The van der Waals surface area contributed by atoms with E-state index in [9.17, 15) is 10.2 Å². The molecule has 114 valence electrons. The van der Waals surface area contributed by atoms with E-state index in [1.165, 1.54) is 6.08 Å². The molecule has 0 aliphatic heterocycles. The molecule has 0 aliphatic rings. The first kappa shape index (κ1) is 15.9. The molecule has 0 radical (unpaired) electrons. The van der Waals surface area contributed by atoms with Crippen molar-refractivity contribution in [2.24, 2.45) is 5.16 Å². The Bertz CT molecular complexity index is 611. The van der Waals surface area contributed by atoms with E-state index in [0.29, 0.717) is 5.71 Å². The Morgan fingerprint density at radius 1 is 1.09 bits per heavy atom. The Hall–Kier alpha value is -2.43. The molecule has 0 unspecified atom stereocenters. The van der Waals surface area contributed by atoms with Crippen LogP contribution < -0.4 is 0 Å². The van der Waals surface area contributed by atoms with Crippen molar-refractivity contribution in [1.82, 2.24) is 0 Å². The van der Waals surface area contributed by atoms with Gasteiger partial charge in [0, 0.05) is 5.56 Å². The van der Waals surface area contributed by atoms with Crippen molar-refractivity contribution in [1.29, 1.82) is 0 Å². The highest BCUT2D eigenvalue weighted by atomic mass is 16.6. The molecule has 0 fully saturated rings. The lowest BCUT2D eigenvalue weighted by Crippen LogP contribution is -2.20. The average molecular weight is 297 g/mol. The summed E-state index contributed by atoms with van der Waals surface area (Å²) in [5, 5.41) is 23.6. The topological polar surface area (TPSA) is 62.1 Å². The molecule has 2 rings (SSSR count). The Morgan fingerprint density at radius 3 is 2.23 bits per heavy atom. The van der Waals surface area contributed by atoms with Crippen LogP contribution in [0.2, 0.25) is 0 Å². The summed E-state index contributed by atoms with van der Waals surface area (Å²) < 4.78 is 0. The molecule has 4 nitrogen and oxygen atoms in total. The van der Waals surface area contributed by atoms with Crippen molar-refractivity contribution in [3.8, 4) is 0 Å². The Morgan fingerprint density at radius 2 is 1.68 bits per heavy atom. The minimum atomic E-state index is -0.947. The van der Waals surface area contributed by atoms with Crippen molar-refractivity contribution in [2.45, 2.75) is 12.2 Å². The van der Waals surface area contributed by atoms with Crippen molar-refractivity contribution in [3.63, 3.8) is 0 Å². The van der Waals surface area contributed by atoms with Gasteiger partial charge in [-0.3, -0.25) is 0 Å². The molecule has 0 heterocycles. The van der Waals surface area contributed by atoms with Gasteiger partial charge < -0.3 is 15.1 Å². The average Bonchev–Trinajstić information content (AvgIpc) is 2.60. The fraction of sp³-hybridized carbons (Fsp3) is 0.167. The third kappa shape index (κ3) is 4.04. The molecule has 0 spiro atoms. The lowest BCUT2D eigenvalue weighted by atomic mass is 10.1. The normalized spacial score (nSPS) is 14.2. The molecule has 2 N–H and O–H groups in total. The van der Waals surface area contributed by atoms with Crippen LogP contribution in [0.5, 0.6) is 0 Å². The molecule has 0 bridgehead atoms. The fourth-order valence-electron chi connectivity index (χ4n) is 1.99. The summed E-state index contributed by atoms with van der Waals surface area (Å²) in [6.07, 6.45) is -0.152. The SMILES string of the molecule is C=C[C@@H](O)/C(=N/O[C@H](CO)c1ccccc1)c1ccccc1. The third-order valence-corrected chi connectivity index (χ3v) is 3.19. The lowest BCUT2D eigenvalue weighted by Gasteiger charge is -2.15. The first-order chi connectivity index (χ1) is 10.8. The first-order valence-corrected chi connectivity index (χ1v) is 7.01. The predicted molar refractivity (Wildman–Crippen MR) is 86.5 cm³/mol. The smallest absolute Gasteiger partial charge is 0.175 e. The lowest BCUT2D eigenvalue weighted by molar-refractivity contribution is 0.0142. The van der Waals surface area contributed by atoms with E-state index < -0.39 is 12.2 Å². The molecule has 0 aromatic heterocycles. The number of hydrogen-bond acceptors (Lipinski definition) is 4. The summed E-state index contributed by atoms with van der Waals surface area (Å²) in [7, 11) is 0. The summed E-state index contributed by atoms with van der Waals surface area (Å²) in [6, 6.07) is 18.5. The maximum Gasteiger partial charge on any atom is 0.175 e. The van der Waals surface area contributed by atoms with Crippen LogP contribution in [-0.4, -0.2) is 28.6 Å². The molecule has 22 heavy (non-hydrogen) atoms. The number of rotatable bonds is 7. The van der Waals surface area contributed by atoms with Crippen molar-refractivity contribution < 1.29 is 15.1 Å². The van der Waals surface area contributed by atoms with Crippen LogP contribution in [0.15, 0.2) is 78.5 Å². The molecular formula is C18H19NO3. The van der Waals surface area contributed by atoms with Gasteiger partial charge in [0.25, 0.3) is 0 Å². The maximum atomic E-state index is 10.0. The van der Waals surface area contributed by atoms with Crippen LogP contribution in [0.3, 0.4) is 0 Å². The zero-order valence-corrected chi connectivity index (χ0v) is 12.2. The van der Waals surface area contributed by atoms with Crippen LogP contribution >= 0.6 is 0 Å². The second-order valence-electron chi connectivity index (χ2n) is 4.71. The van der Waals surface area contributed by atoms with Crippen LogP contribution in [0.1, 0.15) is 17.2 Å². The monoisotopic (exact) mass is 297 g/mol. The van der Waals surface area contributed by atoms with Gasteiger partial charge in [-0.15, -0.1) is 6.58 Å². The number of nitrogens with zero attached hydrogens (tertiary/aromatic N) is 1. The molecular weight excluding hydrogens is 278 g/mol. The molecule has 0 amide bonds. The Kier molecular flexibility index (Phi) is 5.89. The highest BCUT2D eigenvalue weighted by Gasteiger charge is 2.15. The summed E-state index contributed by atoms with van der Waals surface area (Å²) in [5.41, 5.74) is 1.90. The fourth-order valence-corrected chi connectivity index (χ4v) is 1.99. The molecule has 2 atom stereocenters. The summed E-state index contributed by atoms with van der Waals surface area (Å²) in [5.74, 6) is 0. The van der Waals surface area contributed by atoms with E-state index in [2.05, 4.69) is 11.7 Å². The summed E-state index contributed by atoms with van der Waals surface area (Å²) >= 11 is 0. The van der Waals surface area contributed by atoms with Crippen LogP contribution in [0.25, 0.3) is 0 Å².